The number of thiophene rings is 1. The highest BCUT2D eigenvalue weighted by atomic mass is 32.1. The van der Waals surface area contributed by atoms with Crippen molar-refractivity contribution in [2.75, 3.05) is 5.32 Å². The molecule has 25 heavy (non-hydrogen) atoms. The van der Waals surface area contributed by atoms with E-state index in [4.69, 9.17) is 4.74 Å². The Hall–Kier alpha value is -2.80. The van der Waals surface area contributed by atoms with Gasteiger partial charge in [-0.2, -0.15) is 0 Å². The fourth-order valence-electron chi connectivity index (χ4n) is 2.17. The Morgan fingerprint density at radius 3 is 2.68 bits per heavy atom. The van der Waals surface area contributed by atoms with Crippen molar-refractivity contribution in [1.82, 2.24) is 9.97 Å². The summed E-state index contributed by atoms with van der Waals surface area (Å²) in [7, 11) is 0. The highest BCUT2D eigenvalue weighted by molar-refractivity contribution is 7.10. The number of carbonyl (C=O) groups is 1. The Bertz CT molecular complexity index is 865. The lowest BCUT2D eigenvalue weighted by Crippen LogP contribution is -2.12. The van der Waals surface area contributed by atoms with Crippen LogP contribution in [-0.4, -0.2) is 15.9 Å². The van der Waals surface area contributed by atoms with Gasteiger partial charge in [-0.15, -0.1) is 11.3 Å². The van der Waals surface area contributed by atoms with Crippen LogP contribution in [0.2, 0.25) is 0 Å². The van der Waals surface area contributed by atoms with Crippen molar-refractivity contribution in [3.8, 4) is 11.8 Å². The average Bonchev–Trinajstić information content (AvgIpc) is 3.02. The first-order valence-electron chi connectivity index (χ1n) is 7.69. The molecule has 2 heterocycles. The number of para-hydroxylation sites is 1. The summed E-state index contributed by atoms with van der Waals surface area (Å²) >= 11 is 1.65. The van der Waals surface area contributed by atoms with Crippen LogP contribution in [0.25, 0.3) is 0 Å². The molecule has 3 aromatic rings. The summed E-state index contributed by atoms with van der Waals surface area (Å²) in [5.41, 5.74) is 1.67. The number of amides is 1. The molecule has 7 heteroatoms. The van der Waals surface area contributed by atoms with Gasteiger partial charge in [0.05, 0.1) is 18.1 Å². The van der Waals surface area contributed by atoms with Gasteiger partial charge in [-0.05, 0) is 42.5 Å². The van der Waals surface area contributed by atoms with Gasteiger partial charge in [0.1, 0.15) is 0 Å². The van der Waals surface area contributed by atoms with Crippen LogP contribution in [0.5, 0.6) is 11.8 Å². The van der Waals surface area contributed by atoms with Gasteiger partial charge in [-0.1, -0.05) is 12.1 Å². The number of nitrogens with one attached hydrogen (secondary N) is 1. The quantitative estimate of drug-likeness (QED) is 0.712. The van der Waals surface area contributed by atoms with Crippen molar-refractivity contribution in [1.29, 1.82) is 0 Å². The van der Waals surface area contributed by atoms with Crippen molar-refractivity contribution in [3.05, 3.63) is 64.4 Å². The van der Waals surface area contributed by atoms with Crippen LogP contribution < -0.4 is 10.1 Å². The van der Waals surface area contributed by atoms with Gasteiger partial charge in [0.25, 0.3) is 0 Å². The van der Waals surface area contributed by atoms with Crippen molar-refractivity contribution in [2.24, 2.45) is 0 Å². The van der Waals surface area contributed by atoms with E-state index in [1.807, 2.05) is 18.4 Å². The number of ether oxygens (including phenoxy) is 1. The zero-order chi connectivity index (χ0) is 17.6. The lowest BCUT2D eigenvalue weighted by atomic mass is 10.2. The number of hydrogen-bond acceptors (Lipinski definition) is 5. The number of hydrogen-bond donors (Lipinski definition) is 1. The van der Waals surface area contributed by atoms with Crippen molar-refractivity contribution in [3.63, 3.8) is 0 Å². The largest absolute Gasteiger partial charge is 0.421 e. The molecule has 0 aliphatic rings. The molecular formula is C18H16FN3O2S. The standard InChI is InChI=1S/C18H16FN3O2S/c1-12-8-9-25-16(12)6-7-17(23)22-13-10-20-18(21-11-13)24-15-5-3-2-4-14(15)19/h2-5,8-11H,6-7H2,1H3,(H,22,23). The fraction of sp³-hybridized carbons (Fsp3) is 0.167. The molecule has 0 aliphatic heterocycles. The van der Waals surface area contributed by atoms with E-state index in [9.17, 15) is 9.18 Å². The van der Waals surface area contributed by atoms with E-state index in [0.717, 1.165) is 0 Å². The minimum absolute atomic E-state index is 0.0114. The summed E-state index contributed by atoms with van der Waals surface area (Å²) in [6.07, 6.45) is 3.94. The van der Waals surface area contributed by atoms with Crippen molar-refractivity contribution in [2.45, 2.75) is 19.8 Å². The maximum atomic E-state index is 13.5. The van der Waals surface area contributed by atoms with Crippen LogP contribution in [0.3, 0.4) is 0 Å². The summed E-state index contributed by atoms with van der Waals surface area (Å²) in [4.78, 5) is 21.2. The number of rotatable bonds is 6. The van der Waals surface area contributed by atoms with E-state index in [0.29, 0.717) is 18.5 Å². The molecule has 2 aromatic heterocycles. The van der Waals surface area contributed by atoms with Crippen molar-refractivity contribution >= 4 is 22.9 Å². The Morgan fingerprint density at radius 1 is 1.24 bits per heavy atom. The molecule has 1 amide bonds. The Kier molecular flexibility index (Phi) is 5.35. The normalized spacial score (nSPS) is 10.5. The summed E-state index contributed by atoms with van der Waals surface area (Å²) in [6, 6.07) is 8.05. The van der Waals surface area contributed by atoms with Gasteiger partial charge in [-0.25, -0.2) is 14.4 Å². The number of halogens is 1. The SMILES string of the molecule is Cc1ccsc1CCC(=O)Nc1cnc(Oc2ccccc2F)nc1. The van der Waals surface area contributed by atoms with E-state index in [2.05, 4.69) is 15.3 Å². The van der Waals surface area contributed by atoms with Gasteiger partial charge in [-0.3, -0.25) is 4.79 Å². The van der Waals surface area contributed by atoms with E-state index < -0.39 is 5.82 Å². The molecule has 0 saturated heterocycles. The van der Waals surface area contributed by atoms with E-state index >= 15 is 0 Å². The first-order valence-corrected chi connectivity index (χ1v) is 8.57. The lowest BCUT2D eigenvalue weighted by molar-refractivity contribution is -0.116. The van der Waals surface area contributed by atoms with Gasteiger partial charge < -0.3 is 10.1 Å². The van der Waals surface area contributed by atoms with Gasteiger partial charge >= 0.3 is 6.01 Å². The molecule has 0 aliphatic carbocycles. The molecule has 0 saturated carbocycles. The molecule has 5 nitrogen and oxygen atoms in total. The van der Waals surface area contributed by atoms with Crippen LogP contribution in [0.1, 0.15) is 16.9 Å². The number of aromatic nitrogens is 2. The second-order valence-electron chi connectivity index (χ2n) is 5.36. The molecule has 0 spiro atoms. The molecule has 0 radical (unpaired) electrons. The maximum Gasteiger partial charge on any atom is 0.322 e. The van der Waals surface area contributed by atoms with E-state index in [1.54, 1.807) is 23.5 Å². The smallest absolute Gasteiger partial charge is 0.322 e. The molecule has 0 atom stereocenters. The molecule has 3 rings (SSSR count). The van der Waals surface area contributed by atoms with Crippen molar-refractivity contribution < 1.29 is 13.9 Å². The Labute approximate surface area is 148 Å². The summed E-state index contributed by atoms with van der Waals surface area (Å²) in [5, 5.41) is 4.76. The van der Waals surface area contributed by atoms with Crippen LogP contribution in [-0.2, 0) is 11.2 Å². The van der Waals surface area contributed by atoms with E-state index in [1.165, 1.54) is 35.0 Å². The highest BCUT2D eigenvalue weighted by Gasteiger charge is 2.08. The zero-order valence-corrected chi connectivity index (χ0v) is 14.3. The number of benzene rings is 1. The van der Waals surface area contributed by atoms with Crippen LogP contribution >= 0.6 is 11.3 Å². The first kappa shape index (κ1) is 17.0. The molecule has 128 valence electrons. The lowest BCUT2D eigenvalue weighted by Gasteiger charge is -2.07. The van der Waals surface area contributed by atoms with Crippen LogP contribution in [0, 0.1) is 12.7 Å². The summed E-state index contributed by atoms with van der Waals surface area (Å²) in [5.74, 6) is -0.558. The maximum absolute atomic E-state index is 13.5. The monoisotopic (exact) mass is 357 g/mol. The third kappa shape index (κ3) is 4.60. The second-order valence-corrected chi connectivity index (χ2v) is 6.36. The minimum Gasteiger partial charge on any atom is -0.421 e. The fourth-order valence-corrected chi connectivity index (χ4v) is 3.08. The van der Waals surface area contributed by atoms with Gasteiger partial charge in [0.2, 0.25) is 5.91 Å². The highest BCUT2D eigenvalue weighted by Crippen LogP contribution is 2.21. The molecule has 0 bridgehead atoms. The summed E-state index contributed by atoms with van der Waals surface area (Å²) in [6.45, 7) is 2.03. The Balaban J connectivity index is 1.54. The van der Waals surface area contributed by atoms with Crippen LogP contribution in [0.15, 0.2) is 48.1 Å². The Morgan fingerprint density at radius 2 is 2.00 bits per heavy atom. The van der Waals surface area contributed by atoms with Crippen LogP contribution in [0.4, 0.5) is 10.1 Å². The molecule has 0 unspecified atom stereocenters. The van der Waals surface area contributed by atoms with Gasteiger partial charge in [0.15, 0.2) is 11.6 Å². The molecular weight excluding hydrogens is 341 g/mol. The third-order valence-electron chi connectivity index (χ3n) is 3.50. The zero-order valence-electron chi connectivity index (χ0n) is 13.5. The number of aryl methyl sites for hydroxylation is 2. The number of nitrogens with zero attached hydrogens (tertiary/aromatic N) is 2. The summed E-state index contributed by atoms with van der Waals surface area (Å²) < 4.78 is 18.8. The number of anilines is 1. The molecule has 1 N–H and O–H groups in total. The number of carbonyl (C=O) groups excluding carboxylic acids is 1. The molecule has 0 fully saturated rings. The topological polar surface area (TPSA) is 64.1 Å². The van der Waals surface area contributed by atoms with Gasteiger partial charge in [0, 0.05) is 11.3 Å². The van der Waals surface area contributed by atoms with E-state index in [-0.39, 0.29) is 17.7 Å². The predicted octanol–water partition coefficient (Wildman–Crippen LogP) is 4.35. The predicted molar refractivity (Wildman–Crippen MR) is 94.5 cm³/mol. The second kappa shape index (κ2) is 7.85. The average molecular weight is 357 g/mol. The third-order valence-corrected chi connectivity index (χ3v) is 4.58. The molecule has 1 aromatic carbocycles. The minimum atomic E-state index is -0.493. The first-order chi connectivity index (χ1) is 12.1.